The summed E-state index contributed by atoms with van der Waals surface area (Å²) in [6.07, 6.45) is 4.60. The first kappa shape index (κ1) is 15.2. The molecule has 0 spiro atoms. The van der Waals surface area contributed by atoms with E-state index in [0.717, 1.165) is 25.8 Å². The number of likely N-dealkylation sites (N-methyl/N-ethyl adjacent to an activating group) is 1. The molecule has 2 fully saturated rings. The molecule has 1 amide bonds. The van der Waals surface area contributed by atoms with Crippen LogP contribution in [0.3, 0.4) is 0 Å². The normalized spacial score (nSPS) is 25.1. The van der Waals surface area contributed by atoms with Crippen molar-refractivity contribution >= 4 is 11.7 Å². The van der Waals surface area contributed by atoms with Crippen LogP contribution in [-0.2, 0) is 4.79 Å². The van der Waals surface area contributed by atoms with Crippen molar-refractivity contribution in [2.45, 2.75) is 31.3 Å². The summed E-state index contributed by atoms with van der Waals surface area (Å²) in [5, 5.41) is 10.8. The predicted octanol–water partition coefficient (Wildman–Crippen LogP) is 1.42. The standard InChI is InChI=1S/C16H22FN3O2/c1-19(15(21)12-3-4-12)10-16(22)7-2-8-20(11-16)14-6-5-13(17)9-18-14/h5-6,9,12,22H,2-4,7-8,10-11H2,1H3/t16-/m0/s1. The fourth-order valence-electron chi connectivity index (χ4n) is 3.15. The lowest BCUT2D eigenvalue weighted by atomic mass is 9.92. The highest BCUT2D eigenvalue weighted by Crippen LogP contribution is 2.32. The van der Waals surface area contributed by atoms with Crippen molar-refractivity contribution in [3.63, 3.8) is 0 Å². The van der Waals surface area contributed by atoms with E-state index in [0.29, 0.717) is 25.3 Å². The zero-order chi connectivity index (χ0) is 15.7. The van der Waals surface area contributed by atoms with Gasteiger partial charge in [-0.3, -0.25) is 4.79 Å². The van der Waals surface area contributed by atoms with Crippen LogP contribution >= 0.6 is 0 Å². The van der Waals surface area contributed by atoms with Gasteiger partial charge in [-0.2, -0.15) is 0 Å². The maximum atomic E-state index is 13.0. The molecule has 1 atom stereocenters. The molecule has 1 aliphatic carbocycles. The van der Waals surface area contributed by atoms with E-state index < -0.39 is 5.60 Å². The number of carbonyl (C=O) groups is 1. The molecule has 1 N–H and O–H groups in total. The van der Waals surface area contributed by atoms with E-state index in [1.165, 1.54) is 12.3 Å². The smallest absolute Gasteiger partial charge is 0.225 e. The topological polar surface area (TPSA) is 56.7 Å². The second-order valence-corrected chi connectivity index (χ2v) is 6.55. The van der Waals surface area contributed by atoms with Gasteiger partial charge in [0.15, 0.2) is 0 Å². The van der Waals surface area contributed by atoms with Crippen LogP contribution in [0.15, 0.2) is 18.3 Å². The van der Waals surface area contributed by atoms with Crippen LogP contribution in [0.5, 0.6) is 0 Å². The van der Waals surface area contributed by atoms with Crippen molar-refractivity contribution < 1.29 is 14.3 Å². The van der Waals surface area contributed by atoms with Gasteiger partial charge in [-0.25, -0.2) is 9.37 Å². The quantitative estimate of drug-likeness (QED) is 0.914. The number of pyridine rings is 1. The first-order valence-corrected chi connectivity index (χ1v) is 7.81. The number of β-amino-alcohol motifs (C(OH)–C–C–N with tert-alkyl or cyclic N) is 1. The number of aliphatic hydroxyl groups is 1. The lowest BCUT2D eigenvalue weighted by Crippen LogP contribution is -2.55. The lowest BCUT2D eigenvalue weighted by Gasteiger charge is -2.41. The Balaban J connectivity index is 1.65. The lowest BCUT2D eigenvalue weighted by molar-refractivity contribution is -0.134. The van der Waals surface area contributed by atoms with Gasteiger partial charge in [0.2, 0.25) is 5.91 Å². The van der Waals surface area contributed by atoms with E-state index in [1.807, 2.05) is 4.90 Å². The summed E-state index contributed by atoms with van der Waals surface area (Å²) in [5.41, 5.74) is -0.937. The van der Waals surface area contributed by atoms with Crippen LogP contribution in [0.25, 0.3) is 0 Å². The maximum Gasteiger partial charge on any atom is 0.225 e. The molecule has 1 aromatic heterocycles. The van der Waals surface area contributed by atoms with Crippen molar-refractivity contribution in [3.05, 3.63) is 24.1 Å². The van der Waals surface area contributed by atoms with Gasteiger partial charge in [0.05, 0.1) is 18.3 Å². The Bertz CT molecular complexity index is 547. The minimum atomic E-state index is -0.937. The number of hydrogen-bond acceptors (Lipinski definition) is 4. The molecule has 2 aliphatic rings. The monoisotopic (exact) mass is 307 g/mol. The third-order valence-corrected chi connectivity index (χ3v) is 4.43. The van der Waals surface area contributed by atoms with E-state index >= 15 is 0 Å². The first-order chi connectivity index (χ1) is 10.5. The van der Waals surface area contributed by atoms with Crippen LogP contribution in [0.2, 0.25) is 0 Å². The van der Waals surface area contributed by atoms with E-state index in [-0.39, 0.29) is 17.6 Å². The average molecular weight is 307 g/mol. The maximum absolute atomic E-state index is 13.0. The van der Waals surface area contributed by atoms with Crippen molar-refractivity contribution in [1.29, 1.82) is 0 Å². The van der Waals surface area contributed by atoms with Crippen LogP contribution < -0.4 is 4.90 Å². The van der Waals surface area contributed by atoms with Gasteiger partial charge in [0.25, 0.3) is 0 Å². The Kier molecular flexibility index (Phi) is 4.04. The Morgan fingerprint density at radius 2 is 2.32 bits per heavy atom. The molecule has 120 valence electrons. The molecule has 3 rings (SSSR count). The Hall–Kier alpha value is -1.69. The largest absolute Gasteiger partial charge is 0.386 e. The van der Waals surface area contributed by atoms with Crippen LogP contribution in [0.1, 0.15) is 25.7 Å². The molecule has 1 saturated heterocycles. The van der Waals surface area contributed by atoms with Crippen molar-refractivity contribution in [2.24, 2.45) is 5.92 Å². The van der Waals surface area contributed by atoms with Crippen LogP contribution in [0.4, 0.5) is 10.2 Å². The molecule has 0 unspecified atom stereocenters. The molecule has 0 radical (unpaired) electrons. The van der Waals surface area contributed by atoms with Crippen molar-refractivity contribution in [2.75, 3.05) is 31.6 Å². The first-order valence-electron chi connectivity index (χ1n) is 7.81. The van der Waals surface area contributed by atoms with E-state index in [2.05, 4.69) is 4.98 Å². The number of amides is 1. The third-order valence-electron chi connectivity index (χ3n) is 4.43. The number of hydrogen-bond donors (Lipinski definition) is 1. The summed E-state index contributed by atoms with van der Waals surface area (Å²) < 4.78 is 13.0. The SMILES string of the molecule is CN(C[C@@]1(O)CCCN(c2ccc(F)cn2)C1)C(=O)C1CC1. The summed E-state index contributed by atoms with van der Waals surface area (Å²) >= 11 is 0. The fourth-order valence-corrected chi connectivity index (χ4v) is 3.15. The summed E-state index contributed by atoms with van der Waals surface area (Å²) in [6, 6.07) is 3.00. The van der Waals surface area contributed by atoms with Gasteiger partial charge in [-0.05, 0) is 37.8 Å². The highest BCUT2D eigenvalue weighted by molar-refractivity contribution is 5.80. The van der Waals surface area contributed by atoms with Gasteiger partial charge in [-0.1, -0.05) is 0 Å². The van der Waals surface area contributed by atoms with Gasteiger partial charge in [0.1, 0.15) is 11.6 Å². The highest BCUT2D eigenvalue weighted by Gasteiger charge is 2.39. The Morgan fingerprint density at radius 1 is 1.55 bits per heavy atom. The van der Waals surface area contributed by atoms with Crippen molar-refractivity contribution in [1.82, 2.24) is 9.88 Å². The minimum absolute atomic E-state index is 0.130. The number of aromatic nitrogens is 1. The molecular formula is C16H22FN3O2. The van der Waals surface area contributed by atoms with Gasteiger partial charge < -0.3 is 14.9 Å². The van der Waals surface area contributed by atoms with Crippen molar-refractivity contribution in [3.8, 4) is 0 Å². The fraction of sp³-hybridized carbons (Fsp3) is 0.625. The molecule has 6 heteroatoms. The second-order valence-electron chi connectivity index (χ2n) is 6.55. The highest BCUT2D eigenvalue weighted by atomic mass is 19.1. The zero-order valence-corrected chi connectivity index (χ0v) is 12.8. The molecule has 1 aromatic rings. The molecule has 22 heavy (non-hydrogen) atoms. The van der Waals surface area contributed by atoms with Crippen LogP contribution in [0, 0.1) is 11.7 Å². The molecule has 0 aromatic carbocycles. The van der Waals surface area contributed by atoms with Crippen LogP contribution in [-0.4, -0.2) is 53.2 Å². The molecule has 0 bridgehead atoms. The van der Waals surface area contributed by atoms with E-state index in [9.17, 15) is 14.3 Å². The number of piperidine rings is 1. The van der Waals surface area contributed by atoms with Gasteiger partial charge in [0, 0.05) is 26.1 Å². The van der Waals surface area contributed by atoms with E-state index in [4.69, 9.17) is 0 Å². The summed E-state index contributed by atoms with van der Waals surface area (Å²) in [7, 11) is 1.76. The number of rotatable bonds is 4. The average Bonchev–Trinajstić information content (AvgIpc) is 3.31. The Morgan fingerprint density at radius 3 is 2.95 bits per heavy atom. The molecular weight excluding hydrogens is 285 g/mol. The summed E-state index contributed by atoms with van der Waals surface area (Å²) in [4.78, 5) is 19.7. The molecule has 1 saturated carbocycles. The number of anilines is 1. The molecule has 1 aliphatic heterocycles. The van der Waals surface area contributed by atoms with Gasteiger partial charge >= 0.3 is 0 Å². The van der Waals surface area contributed by atoms with Gasteiger partial charge in [-0.15, -0.1) is 0 Å². The summed E-state index contributed by atoms with van der Waals surface area (Å²) in [6.45, 7) is 1.52. The predicted molar refractivity (Wildman–Crippen MR) is 81.0 cm³/mol. The van der Waals surface area contributed by atoms with E-state index in [1.54, 1.807) is 18.0 Å². The minimum Gasteiger partial charge on any atom is -0.386 e. The molecule has 2 heterocycles. The third kappa shape index (κ3) is 3.38. The number of carbonyl (C=O) groups excluding carboxylic acids is 1. The summed E-state index contributed by atoms with van der Waals surface area (Å²) in [5.74, 6) is 0.582. The second kappa shape index (κ2) is 5.83. The molecule has 5 nitrogen and oxygen atoms in total. The zero-order valence-electron chi connectivity index (χ0n) is 12.8. The Labute approximate surface area is 129 Å². The number of halogens is 1. The number of nitrogens with zero attached hydrogens (tertiary/aromatic N) is 3.